The van der Waals surface area contributed by atoms with Crippen LogP contribution in [0.1, 0.15) is 12.8 Å². The number of rotatable bonds is 2. The highest BCUT2D eigenvalue weighted by Crippen LogP contribution is 2.22. The van der Waals surface area contributed by atoms with E-state index in [4.69, 9.17) is 0 Å². The van der Waals surface area contributed by atoms with Crippen LogP contribution >= 0.6 is 35.0 Å². The molecular weight excluding hydrogens is 388 g/mol. The molecule has 0 radical (unpaired) electrons. The summed E-state index contributed by atoms with van der Waals surface area (Å²) in [5.41, 5.74) is 0.175. The zero-order chi connectivity index (χ0) is 13.1. The highest BCUT2D eigenvalue weighted by Gasteiger charge is 2.21. The van der Waals surface area contributed by atoms with E-state index in [9.17, 15) is 13.6 Å². The Morgan fingerprint density at radius 3 is 2.32 bits per heavy atom. The first-order valence-electron chi connectivity index (χ1n) is 5.74. The molecule has 0 aliphatic carbocycles. The van der Waals surface area contributed by atoms with E-state index in [1.165, 1.54) is 0 Å². The number of amides is 1. The lowest BCUT2D eigenvalue weighted by molar-refractivity contribution is -0.120. The number of nitrogens with one attached hydrogen (secondary N) is 2. The lowest BCUT2D eigenvalue weighted by atomic mass is 9.97. The lowest BCUT2D eigenvalue weighted by Gasteiger charge is -2.21. The Hall–Kier alpha value is -0.470. The van der Waals surface area contributed by atoms with Crippen LogP contribution < -0.4 is 10.6 Å². The third kappa shape index (κ3) is 4.25. The van der Waals surface area contributed by atoms with Crippen LogP contribution in [0.4, 0.5) is 14.5 Å². The van der Waals surface area contributed by atoms with E-state index in [0.717, 1.165) is 38.1 Å². The van der Waals surface area contributed by atoms with Gasteiger partial charge in [-0.2, -0.15) is 0 Å². The van der Waals surface area contributed by atoms with Gasteiger partial charge in [-0.3, -0.25) is 4.79 Å². The van der Waals surface area contributed by atoms with Crippen LogP contribution in [0.25, 0.3) is 0 Å². The fourth-order valence-corrected chi connectivity index (χ4v) is 2.27. The van der Waals surface area contributed by atoms with Gasteiger partial charge in [-0.15, -0.1) is 12.4 Å². The molecule has 19 heavy (non-hydrogen) atoms. The number of piperidine rings is 1. The minimum atomic E-state index is -0.656. The summed E-state index contributed by atoms with van der Waals surface area (Å²) in [6.07, 6.45) is 1.50. The van der Waals surface area contributed by atoms with Crippen molar-refractivity contribution in [3.8, 4) is 0 Å². The van der Waals surface area contributed by atoms with Crippen molar-refractivity contribution in [1.29, 1.82) is 0 Å². The summed E-state index contributed by atoms with van der Waals surface area (Å²) in [7, 11) is 0. The summed E-state index contributed by atoms with van der Waals surface area (Å²) in [5, 5.41) is 5.73. The molecule has 0 spiro atoms. The molecule has 3 nitrogen and oxygen atoms in total. The second kappa shape index (κ2) is 7.35. The summed E-state index contributed by atoms with van der Waals surface area (Å²) < 4.78 is 26.6. The monoisotopic (exact) mass is 402 g/mol. The lowest BCUT2D eigenvalue weighted by Crippen LogP contribution is -2.34. The molecule has 0 saturated carbocycles. The minimum absolute atomic E-state index is 0. The predicted molar refractivity (Wildman–Crippen MR) is 80.5 cm³/mol. The van der Waals surface area contributed by atoms with E-state index in [2.05, 4.69) is 10.6 Å². The molecule has 0 atom stereocenters. The Kier molecular flexibility index (Phi) is 6.41. The standard InChI is InChI=1S/C12H13F2IN2O.ClH/c13-9-5-8(6-10(14)11(9)15)17-12(18)7-1-3-16-4-2-7;/h5-7,16H,1-4H2,(H,17,18);1H. The van der Waals surface area contributed by atoms with Gasteiger partial charge in [-0.25, -0.2) is 8.78 Å². The van der Waals surface area contributed by atoms with Crippen LogP contribution in [-0.4, -0.2) is 19.0 Å². The average Bonchev–Trinajstić information content (AvgIpc) is 2.37. The van der Waals surface area contributed by atoms with Gasteiger partial charge in [-0.05, 0) is 60.7 Å². The van der Waals surface area contributed by atoms with Gasteiger partial charge in [0.05, 0.1) is 3.57 Å². The van der Waals surface area contributed by atoms with Gasteiger partial charge in [0.1, 0.15) is 11.6 Å². The fourth-order valence-electron chi connectivity index (χ4n) is 1.96. The largest absolute Gasteiger partial charge is 0.326 e. The van der Waals surface area contributed by atoms with Crippen molar-refractivity contribution >= 4 is 46.6 Å². The number of anilines is 1. The van der Waals surface area contributed by atoms with Gasteiger partial charge in [0.2, 0.25) is 5.91 Å². The second-order valence-corrected chi connectivity index (χ2v) is 5.35. The SMILES string of the molecule is Cl.O=C(Nc1cc(F)c(I)c(F)c1)C1CCNCC1. The number of halogens is 4. The van der Waals surface area contributed by atoms with Crippen LogP contribution in [0.15, 0.2) is 12.1 Å². The molecular formula is C12H14ClF2IN2O. The minimum Gasteiger partial charge on any atom is -0.326 e. The molecule has 1 heterocycles. The van der Waals surface area contributed by atoms with Gasteiger partial charge < -0.3 is 10.6 Å². The van der Waals surface area contributed by atoms with Gasteiger partial charge in [0, 0.05) is 11.6 Å². The Morgan fingerprint density at radius 1 is 1.26 bits per heavy atom. The quantitative estimate of drug-likeness (QED) is 0.590. The molecule has 1 aromatic rings. The number of carbonyl (C=O) groups excluding carboxylic acids is 1. The van der Waals surface area contributed by atoms with E-state index in [-0.39, 0.29) is 33.5 Å². The molecule has 1 aliphatic heterocycles. The van der Waals surface area contributed by atoms with Gasteiger partial charge in [-0.1, -0.05) is 0 Å². The maximum Gasteiger partial charge on any atom is 0.227 e. The van der Waals surface area contributed by atoms with Gasteiger partial charge >= 0.3 is 0 Å². The summed E-state index contributed by atoms with van der Waals surface area (Å²) in [6, 6.07) is 2.29. The first kappa shape index (κ1) is 16.6. The molecule has 1 amide bonds. The van der Waals surface area contributed by atoms with Gasteiger partial charge in [0.25, 0.3) is 0 Å². The molecule has 0 bridgehead atoms. The van der Waals surface area contributed by atoms with Crippen molar-refractivity contribution in [2.45, 2.75) is 12.8 Å². The fraction of sp³-hybridized carbons (Fsp3) is 0.417. The Labute approximate surface area is 130 Å². The zero-order valence-electron chi connectivity index (χ0n) is 10.0. The van der Waals surface area contributed by atoms with E-state index >= 15 is 0 Å². The molecule has 0 unspecified atom stereocenters. The van der Waals surface area contributed by atoms with Crippen LogP contribution in [0, 0.1) is 21.1 Å². The summed E-state index contributed by atoms with van der Waals surface area (Å²) in [6.45, 7) is 1.60. The molecule has 7 heteroatoms. The van der Waals surface area contributed by atoms with Crippen molar-refractivity contribution in [2.24, 2.45) is 5.92 Å². The molecule has 1 saturated heterocycles. The smallest absolute Gasteiger partial charge is 0.227 e. The Balaban J connectivity index is 0.00000180. The highest BCUT2D eigenvalue weighted by molar-refractivity contribution is 14.1. The van der Waals surface area contributed by atoms with E-state index in [1.54, 1.807) is 22.6 Å². The van der Waals surface area contributed by atoms with E-state index in [0.29, 0.717) is 0 Å². The van der Waals surface area contributed by atoms with Crippen molar-refractivity contribution in [3.63, 3.8) is 0 Å². The maximum atomic E-state index is 13.3. The molecule has 2 N–H and O–H groups in total. The van der Waals surface area contributed by atoms with Crippen molar-refractivity contribution in [1.82, 2.24) is 5.32 Å². The molecule has 1 aliphatic rings. The number of benzene rings is 1. The highest BCUT2D eigenvalue weighted by atomic mass is 127. The van der Waals surface area contributed by atoms with Crippen LogP contribution in [0.2, 0.25) is 0 Å². The molecule has 1 fully saturated rings. The third-order valence-corrected chi connectivity index (χ3v) is 3.99. The van der Waals surface area contributed by atoms with Crippen LogP contribution in [0.5, 0.6) is 0 Å². The first-order chi connectivity index (χ1) is 8.58. The topological polar surface area (TPSA) is 41.1 Å². The Bertz CT molecular complexity index is 444. The summed E-state index contributed by atoms with van der Waals surface area (Å²) >= 11 is 1.59. The molecule has 106 valence electrons. The predicted octanol–water partition coefficient (Wildman–Crippen LogP) is 2.93. The molecule has 2 rings (SSSR count). The van der Waals surface area contributed by atoms with Crippen molar-refractivity contribution in [2.75, 3.05) is 18.4 Å². The zero-order valence-corrected chi connectivity index (χ0v) is 13.0. The maximum absolute atomic E-state index is 13.3. The number of hydrogen-bond acceptors (Lipinski definition) is 2. The van der Waals surface area contributed by atoms with E-state index in [1.807, 2.05) is 0 Å². The average molecular weight is 403 g/mol. The summed E-state index contributed by atoms with van der Waals surface area (Å²) in [5.74, 6) is -1.57. The molecule has 1 aromatic carbocycles. The van der Waals surface area contributed by atoms with E-state index < -0.39 is 11.6 Å². The van der Waals surface area contributed by atoms with Crippen molar-refractivity contribution in [3.05, 3.63) is 27.3 Å². The summed E-state index contributed by atoms with van der Waals surface area (Å²) in [4.78, 5) is 11.9. The number of carbonyl (C=O) groups is 1. The normalized spacial score (nSPS) is 15.7. The Morgan fingerprint density at radius 2 is 1.79 bits per heavy atom. The van der Waals surface area contributed by atoms with Crippen LogP contribution in [-0.2, 0) is 4.79 Å². The molecule has 0 aromatic heterocycles. The van der Waals surface area contributed by atoms with Crippen molar-refractivity contribution < 1.29 is 13.6 Å². The van der Waals surface area contributed by atoms with Crippen LogP contribution in [0.3, 0.4) is 0 Å². The third-order valence-electron chi connectivity index (χ3n) is 2.96. The second-order valence-electron chi connectivity index (χ2n) is 4.27. The van der Waals surface area contributed by atoms with Gasteiger partial charge in [0.15, 0.2) is 0 Å². The first-order valence-corrected chi connectivity index (χ1v) is 6.82. The number of hydrogen-bond donors (Lipinski definition) is 2.